The monoisotopic (exact) mass is 604 g/mol. The summed E-state index contributed by atoms with van der Waals surface area (Å²) in [5.74, 6) is 0.553. The van der Waals surface area contributed by atoms with Crippen LogP contribution in [0.3, 0.4) is 0 Å². The van der Waals surface area contributed by atoms with Crippen LogP contribution in [0.25, 0.3) is 0 Å². The fourth-order valence-electron chi connectivity index (χ4n) is 2.94. The van der Waals surface area contributed by atoms with Crippen molar-refractivity contribution in [3.05, 3.63) is 34.4 Å². The van der Waals surface area contributed by atoms with Gasteiger partial charge in [-0.25, -0.2) is 4.79 Å². The van der Waals surface area contributed by atoms with Crippen LogP contribution < -0.4 is 4.74 Å². The van der Waals surface area contributed by atoms with Crippen molar-refractivity contribution in [2.45, 2.75) is 26.4 Å². The Hall–Kier alpha value is -2.59. The molecule has 0 atom stereocenters. The summed E-state index contributed by atoms with van der Waals surface area (Å²) in [6.07, 6.45) is -0.371. The van der Waals surface area contributed by atoms with Gasteiger partial charge in [0.15, 0.2) is 0 Å². The van der Waals surface area contributed by atoms with Gasteiger partial charge in [0.05, 0.1) is 97.4 Å². The van der Waals surface area contributed by atoms with Crippen molar-refractivity contribution in [1.82, 2.24) is 4.90 Å². The van der Waals surface area contributed by atoms with Crippen molar-refractivity contribution >= 4 is 11.8 Å². The van der Waals surface area contributed by atoms with Gasteiger partial charge in [0.25, 0.3) is 5.69 Å². The van der Waals surface area contributed by atoms with E-state index in [4.69, 9.17) is 42.6 Å². The number of carbonyl (C=O) groups excluding carboxylic acids is 1. The standard InChI is InChI=1S/C28H48N2O12/c1-28(2,3)42-27(31)29(4)9-10-34-11-12-35-13-14-36-15-16-37-17-18-38-19-20-39-21-22-40-23-24-41-26-7-5-25(6-8-26)30(32)33/h5-8H,9-24H2,1-4H3. The van der Waals surface area contributed by atoms with Crippen LogP contribution in [0.1, 0.15) is 20.8 Å². The average molecular weight is 605 g/mol. The molecule has 242 valence electrons. The average Bonchev–Trinajstić information content (AvgIpc) is 2.94. The van der Waals surface area contributed by atoms with Crippen LogP contribution in [0.2, 0.25) is 0 Å². The SMILES string of the molecule is CN(CCOCCOCCOCCOCCOCCOCCOCCOc1ccc([N+](=O)[O-])cc1)C(=O)OC(C)(C)C. The van der Waals surface area contributed by atoms with Crippen LogP contribution in [-0.4, -0.2) is 134 Å². The molecule has 0 aliphatic rings. The molecule has 0 unspecified atom stereocenters. The Kier molecular flexibility index (Phi) is 21.3. The fourth-order valence-corrected chi connectivity index (χ4v) is 2.94. The maximum Gasteiger partial charge on any atom is 0.410 e. The molecule has 0 fully saturated rings. The molecular weight excluding hydrogens is 556 g/mol. The van der Waals surface area contributed by atoms with E-state index < -0.39 is 10.5 Å². The lowest BCUT2D eigenvalue weighted by Gasteiger charge is -2.24. The number of hydrogen-bond acceptors (Lipinski definition) is 12. The second-order valence-corrected chi connectivity index (χ2v) is 9.79. The van der Waals surface area contributed by atoms with Gasteiger partial charge in [0, 0.05) is 25.7 Å². The van der Waals surface area contributed by atoms with Crippen molar-refractivity contribution < 1.29 is 52.3 Å². The molecule has 14 heteroatoms. The zero-order chi connectivity index (χ0) is 30.9. The van der Waals surface area contributed by atoms with Crippen LogP contribution >= 0.6 is 0 Å². The highest BCUT2D eigenvalue weighted by atomic mass is 16.6. The number of carbonyl (C=O) groups is 1. The highest BCUT2D eigenvalue weighted by molar-refractivity contribution is 5.67. The lowest BCUT2D eigenvalue weighted by Crippen LogP contribution is -2.36. The largest absolute Gasteiger partial charge is 0.491 e. The molecule has 1 amide bonds. The predicted molar refractivity (Wildman–Crippen MR) is 153 cm³/mol. The zero-order valence-electron chi connectivity index (χ0n) is 25.4. The summed E-state index contributed by atoms with van der Waals surface area (Å²) in [6.45, 7) is 12.6. The maximum absolute atomic E-state index is 11.8. The Bertz CT molecular complexity index is 820. The third kappa shape index (κ3) is 22.1. The molecule has 0 radical (unpaired) electrons. The molecule has 0 aromatic heterocycles. The first-order valence-electron chi connectivity index (χ1n) is 14.0. The Morgan fingerprint density at radius 1 is 0.667 bits per heavy atom. The molecule has 0 bridgehead atoms. The van der Waals surface area contributed by atoms with Gasteiger partial charge in [-0.05, 0) is 32.9 Å². The summed E-state index contributed by atoms with van der Waals surface area (Å²) in [4.78, 5) is 23.5. The van der Waals surface area contributed by atoms with E-state index in [-0.39, 0.29) is 11.8 Å². The van der Waals surface area contributed by atoms with E-state index in [9.17, 15) is 14.9 Å². The quantitative estimate of drug-likeness (QED) is 0.0870. The minimum Gasteiger partial charge on any atom is -0.491 e. The number of rotatable bonds is 26. The highest BCUT2D eigenvalue weighted by Crippen LogP contribution is 2.17. The summed E-state index contributed by atoms with van der Waals surface area (Å²) >= 11 is 0. The van der Waals surface area contributed by atoms with Gasteiger partial charge in [0.1, 0.15) is 18.0 Å². The topological polar surface area (TPSA) is 147 Å². The lowest BCUT2D eigenvalue weighted by atomic mass is 10.2. The molecule has 0 spiro atoms. The van der Waals surface area contributed by atoms with Gasteiger partial charge >= 0.3 is 6.09 Å². The third-order valence-electron chi connectivity index (χ3n) is 5.05. The number of amides is 1. The Labute approximate surface area is 248 Å². The van der Waals surface area contributed by atoms with Crippen molar-refractivity contribution in [2.24, 2.45) is 0 Å². The minimum absolute atomic E-state index is 0.0231. The lowest BCUT2D eigenvalue weighted by molar-refractivity contribution is -0.384. The minimum atomic E-state index is -0.515. The molecule has 1 aromatic carbocycles. The summed E-state index contributed by atoms with van der Waals surface area (Å²) in [5, 5.41) is 10.6. The van der Waals surface area contributed by atoms with Crippen molar-refractivity contribution in [2.75, 3.05) is 113 Å². The molecule has 0 aliphatic carbocycles. The number of benzene rings is 1. The molecule has 0 aliphatic heterocycles. The van der Waals surface area contributed by atoms with E-state index in [2.05, 4.69) is 0 Å². The molecule has 0 heterocycles. The molecule has 14 nitrogen and oxygen atoms in total. The van der Waals surface area contributed by atoms with Crippen LogP contribution in [0.5, 0.6) is 5.75 Å². The number of nitro benzene ring substituents is 1. The highest BCUT2D eigenvalue weighted by Gasteiger charge is 2.19. The molecule has 1 rings (SSSR count). The van der Waals surface area contributed by atoms with E-state index in [0.717, 1.165) is 0 Å². The van der Waals surface area contributed by atoms with E-state index in [0.29, 0.717) is 111 Å². The Balaban J connectivity index is 1.73. The second-order valence-electron chi connectivity index (χ2n) is 9.79. The van der Waals surface area contributed by atoms with Gasteiger partial charge in [0.2, 0.25) is 0 Å². The second kappa shape index (κ2) is 23.9. The van der Waals surface area contributed by atoms with Gasteiger partial charge in [-0.15, -0.1) is 0 Å². The first kappa shape index (κ1) is 37.4. The van der Waals surface area contributed by atoms with E-state index >= 15 is 0 Å². The number of non-ortho nitro benzene ring substituents is 1. The predicted octanol–water partition coefficient (Wildman–Crippen LogP) is 2.96. The molecule has 0 saturated heterocycles. The molecular formula is C28H48N2O12. The molecule has 1 aromatic rings. The molecule has 0 N–H and O–H groups in total. The number of nitro groups is 1. The van der Waals surface area contributed by atoms with Crippen LogP contribution in [0, 0.1) is 10.1 Å². The zero-order valence-corrected chi connectivity index (χ0v) is 25.4. The van der Waals surface area contributed by atoms with Gasteiger partial charge in [-0.1, -0.05) is 0 Å². The summed E-state index contributed by atoms with van der Waals surface area (Å²) in [6, 6.07) is 5.90. The summed E-state index contributed by atoms with van der Waals surface area (Å²) in [5.41, 5.74) is -0.492. The molecule has 0 saturated carbocycles. The molecule has 42 heavy (non-hydrogen) atoms. The first-order valence-corrected chi connectivity index (χ1v) is 14.0. The van der Waals surface area contributed by atoms with E-state index in [1.807, 2.05) is 20.8 Å². The maximum atomic E-state index is 11.8. The van der Waals surface area contributed by atoms with E-state index in [1.54, 1.807) is 19.2 Å². The number of ether oxygens (including phenoxy) is 9. The van der Waals surface area contributed by atoms with Crippen molar-refractivity contribution in [3.8, 4) is 5.75 Å². The normalized spacial score (nSPS) is 11.4. The van der Waals surface area contributed by atoms with Crippen molar-refractivity contribution in [3.63, 3.8) is 0 Å². The van der Waals surface area contributed by atoms with Crippen molar-refractivity contribution in [1.29, 1.82) is 0 Å². The number of hydrogen-bond donors (Lipinski definition) is 0. The van der Waals surface area contributed by atoms with Crippen LogP contribution in [-0.2, 0) is 37.9 Å². The van der Waals surface area contributed by atoms with Crippen LogP contribution in [0.4, 0.5) is 10.5 Å². The Morgan fingerprint density at radius 3 is 1.38 bits per heavy atom. The third-order valence-corrected chi connectivity index (χ3v) is 5.05. The smallest absolute Gasteiger partial charge is 0.410 e. The van der Waals surface area contributed by atoms with Gasteiger partial charge < -0.3 is 47.5 Å². The summed E-state index contributed by atoms with van der Waals surface area (Å²) < 4.78 is 48.8. The number of nitrogens with zero attached hydrogens (tertiary/aromatic N) is 2. The Morgan fingerprint density at radius 2 is 1.02 bits per heavy atom. The van der Waals surface area contributed by atoms with Crippen LogP contribution in [0.15, 0.2) is 24.3 Å². The first-order chi connectivity index (χ1) is 20.2. The van der Waals surface area contributed by atoms with Gasteiger partial charge in [-0.3, -0.25) is 10.1 Å². The van der Waals surface area contributed by atoms with Gasteiger partial charge in [-0.2, -0.15) is 0 Å². The van der Waals surface area contributed by atoms with E-state index in [1.165, 1.54) is 17.0 Å². The summed E-state index contributed by atoms with van der Waals surface area (Å²) in [7, 11) is 1.67. The fraction of sp³-hybridized carbons (Fsp3) is 0.750. The number of likely N-dealkylation sites (N-methyl/N-ethyl adjacent to an activating group) is 1.